The van der Waals surface area contributed by atoms with E-state index in [9.17, 15) is 13.6 Å². The lowest BCUT2D eigenvalue weighted by atomic mass is 9.88. The summed E-state index contributed by atoms with van der Waals surface area (Å²) in [6.07, 6.45) is -0.657. The van der Waals surface area contributed by atoms with Gasteiger partial charge in [0.05, 0.1) is 0 Å². The summed E-state index contributed by atoms with van der Waals surface area (Å²) in [4.78, 5) is 11.8. The van der Waals surface area contributed by atoms with Crippen LogP contribution < -0.4 is 5.32 Å². The van der Waals surface area contributed by atoms with Gasteiger partial charge in [0, 0.05) is 23.9 Å². The van der Waals surface area contributed by atoms with E-state index in [1.165, 1.54) is 0 Å². The molecule has 6 heteroatoms. The Morgan fingerprint density at radius 3 is 2.56 bits per heavy atom. The maximum atomic E-state index is 12.6. The highest BCUT2D eigenvalue weighted by Gasteiger charge is 2.46. The molecule has 1 fully saturated rings. The van der Waals surface area contributed by atoms with Crippen LogP contribution in [0.3, 0.4) is 0 Å². The average molecular weight is 294 g/mol. The van der Waals surface area contributed by atoms with Gasteiger partial charge in [0.15, 0.2) is 0 Å². The average Bonchev–Trinajstić information content (AvgIpc) is 2.26. The summed E-state index contributed by atoms with van der Waals surface area (Å²) in [7, 11) is 0. The second-order valence-corrected chi connectivity index (χ2v) is 5.20. The molecule has 0 radical (unpaired) electrons. The Kier molecular flexibility index (Phi) is 3.78. The molecular weight excluding hydrogens is 283 g/mol. The highest BCUT2D eigenvalue weighted by Crippen LogP contribution is 2.38. The van der Waals surface area contributed by atoms with E-state index in [2.05, 4.69) is 5.32 Å². The van der Waals surface area contributed by atoms with E-state index in [0.29, 0.717) is 10.6 Å². The summed E-state index contributed by atoms with van der Waals surface area (Å²) in [5.41, 5.74) is 0.476. The molecule has 1 aromatic carbocycles. The van der Waals surface area contributed by atoms with Gasteiger partial charge in [-0.1, -0.05) is 29.8 Å². The smallest absolute Gasteiger partial charge is 0.252 e. The van der Waals surface area contributed by atoms with E-state index in [0.717, 1.165) is 0 Å². The van der Waals surface area contributed by atoms with Crippen molar-refractivity contribution in [3.63, 3.8) is 0 Å². The number of rotatable bonds is 3. The molecular formula is C12H11Cl2F2NO. The first kappa shape index (κ1) is 13.6. The molecule has 0 spiro atoms. The molecule has 0 bridgehead atoms. The second-order valence-electron chi connectivity index (χ2n) is 4.35. The maximum Gasteiger partial charge on any atom is 0.252 e. The summed E-state index contributed by atoms with van der Waals surface area (Å²) < 4.78 is 25.2. The van der Waals surface area contributed by atoms with Crippen LogP contribution in [-0.4, -0.2) is 17.9 Å². The lowest BCUT2D eigenvalue weighted by Gasteiger charge is -2.35. The number of halogens is 4. The van der Waals surface area contributed by atoms with Gasteiger partial charge in [-0.25, -0.2) is 8.78 Å². The first-order valence-corrected chi connectivity index (χ1v) is 6.27. The molecule has 0 saturated heterocycles. The fourth-order valence-electron chi connectivity index (χ4n) is 1.86. The molecule has 1 aliphatic carbocycles. The van der Waals surface area contributed by atoms with E-state index < -0.39 is 23.2 Å². The number of hydrogen-bond acceptors (Lipinski definition) is 1. The first-order valence-electron chi connectivity index (χ1n) is 5.46. The predicted molar refractivity (Wildman–Crippen MR) is 66.2 cm³/mol. The summed E-state index contributed by atoms with van der Waals surface area (Å²) in [6.45, 7) is 0. The Balaban J connectivity index is 1.96. The minimum atomic E-state index is -2.66. The second kappa shape index (κ2) is 5.02. The molecule has 1 N–H and O–H groups in total. The Morgan fingerprint density at radius 1 is 1.39 bits per heavy atom. The highest BCUT2D eigenvalue weighted by atomic mass is 35.5. The molecule has 18 heavy (non-hydrogen) atoms. The van der Waals surface area contributed by atoms with Gasteiger partial charge in [0.2, 0.25) is 5.91 Å². The van der Waals surface area contributed by atoms with Gasteiger partial charge >= 0.3 is 0 Å². The summed E-state index contributed by atoms with van der Waals surface area (Å²) >= 11 is 11.9. The van der Waals surface area contributed by atoms with E-state index in [1.807, 2.05) is 0 Å². The number of benzene rings is 1. The van der Waals surface area contributed by atoms with E-state index in [4.69, 9.17) is 23.2 Å². The van der Waals surface area contributed by atoms with Crippen LogP contribution in [0.25, 0.3) is 0 Å². The number of carbonyl (C=O) groups excluding carboxylic acids is 1. The summed E-state index contributed by atoms with van der Waals surface area (Å²) in [5.74, 6) is -3.16. The van der Waals surface area contributed by atoms with Crippen LogP contribution in [0.4, 0.5) is 8.78 Å². The number of alkyl halides is 3. The molecule has 0 aliphatic heterocycles. The van der Waals surface area contributed by atoms with Crippen molar-refractivity contribution in [1.29, 1.82) is 0 Å². The molecule has 1 aromatic rings. The van der Waals surface area contributed by atoms with E-state index >= 15 is 0 Å². The van der Waals surface area contributed by atoms with Gasteiger partial charge in [-0.15, -0.1) is 11.6 Å². The van der Waals surface area contributed by atoms with Gasteiger partial charge in [0.1, 0.15) is 5.38 Å². The number of carbonyl (C=O) groups is 1. The topological polar surface area (TPSA) is 29.1 Å². The van der Waals surface area contributed by atoms with Crippen LogP contribution in [0.15, 0.2) is 24.3 Å². The van der Waals surface area contributed by atoms with Crippen molar-refractivity contribution in [2.45, 2.75) is 30.2 Å². The quantitative estimate of drug-likeness (QED) is 0.849. The van der Waals surface area contributed by atoms with Crippen LogP contribution in [0.1, 0.15) is 23.8 Å². The molecule has 0 heterocycles. The number of nitrogens with one attached hydrogen (secondary N) is 1. The lowest BCUT2D eigenvalue weighted by Crippen LogP contribution is -2.51. The first-order chi connectivity index (χ1) is 8.39. The zero-order chi connectivity index (χ0) is 13.3. The highest BCUT2D eigenvalue weighted by molar-refractivity contribution is 6.35. The minimum absolute atomic E-state index is 0.329. The van der Waals surface area contributed by atoms with Crippen LogP contribution in [-0.2, 0) is 4.79 Å². The molecule has 1 amide bonds. The molecule has 1 atom stereocenters. The van der Waals surface area contributed by atoms with E-state index in [-0.39, 0.29) is 12.8 Å². The third kappa shape index (κ3) is 2.93. The van der Waals surface area contributed by atoms with Crippen molar-refractivity contribution in [1.82, 2.24) is 5.32 Å². The molecule has 2 rings (SSSR count). The monoisotopic (exact) mass is 293 g/mol. The van der Waals surface area contributed by atoms with Crippen molar-refractivity contribution in [2.24, 2.45) is 0 Å². The fraction of sp³-hybridized carbons (Fsp3) is 0.417. The number of hydrogen-bond donors (Lipinski definition) is 1. The molecule has 0 aromatic heterocycles. The van der Waals surface area contributed by atoms with Gasteiger partial charge < -0.3 is 5.32 Å². The predicted octanol–water partition coefficient (Wildman–Crippen LogP) is 3.53. The van der Waals surface area contributed by atoms with Crippen molar-refractivity contribution < 1.29 is 13.6 Å². The minimum Gasteiger partial charge on any atom is -0.351 e. The molecule has 1 aliphatic rings. The summed E-state index contributed by atoms with van der Waals surface area (Å²) in [6, 6.07) is 6.18. The number of amides is 1. The Labute approximate surface area is 113 Å². The fourth-order valence-corrected chi connectivity index (χ4v) is 2.41. The van der Waals surface area contributed by atoms with Crippen molar-refractivity contribution in [3.8, 4) is 0 Å². The van der Waals surface area contributed by atoms with Gasteiger partial charge in [-0.3, -0.25) is 4.79 Å². The van der Waals surface area contributed by atoms with Crippen molar-refractivity contribution in [2.75, 3.05) is 0 Å². The Morgan fingerprint density at radius 2 is 2.00 bits per heavy atom. The van der Waals surface area contributed by atoms with Crippen molar-refractivity contribution >= 4 is 29.1 Å². The SMILES string of the molecule is O=C(NC1CC(F)(F)C1)[C@H](Cl)c1ccccc1Cl. The van der Waals surface area contributed by atoms with Gasteiger partial charge in [-0.05, 0) is 11.6 Å². The third-order valence-corrected chi connectivity index (χ3v) is 3.62. The largest absolute Gasteiger partial charge is 0.351 e. The molecule has 0 unspecified atom stereocenters. The van der Waals surface area contributed by atoms with Crippen LogP contribution in [0.2, 0.25) is 5.02 Å². The zero-order valence-corrected chi connectivity index (χ0v) is 10.8. The standard InChI is InChI=1S/C12H11Cl2F2NO/c13-9-4-2-1-3-8(9)10(14)11(18)17-7-5-12(15,16)6-7/h1-4,7,10H,5-6H2,(H,17,18)/t10-/m1/s1. The van der Waals surface area contributed by atoms with Gasteiger partial charge in [0.25, 0.3) is 5.92 Å². The zero-order valence-electron chi connectivity index (χ0n) is 9.30. The Hall–Kier alpha value is -0.870. The Bertz CT molecular complexity index is 459. The van der Waals surface area contributed by atoms with Crippen molar-refractivity contribution in [3.05, 3.63) is 34.9 Å². The van der Waals surface area contributed by atoms with Gasteiger partial charge in [-0.2, -0.15) is 0 Å². The lowest BCUT2D eigenvalue weighted by molar-refractivity contribution is -0.128. The van der Waals surface area contributed by atoms with Crippen LogP contribution in [0, 0.1) is 0 Å². The third-order valence-electron chi connectivity index (χ3n) is 2.84. The summed E-state index contributed by atoms with van der Waals surface area (Å²) in [5, 5.41) is 1.90. The maximum absolute atomic E-state index is 12.6. The molecule has 2 nitrogen and oxygen atoms in total. The molecule has 98 valence electrons. The van der Waals surface area contributed by atoms with Crippen LogP contribution >= 0.6 is 23.2 Å². The molecule has 1 saturated carbocycles. The van der Waals surface area contributed by atoms with Crippen LogP contribution in [0.5, 0.6) is 0 Å². The van der Waals surface area contributed by atoms with E-state index in [1.54, 1.807) is 24.3 Å². The normalized spacial score (nSPS) is 20.0.